The van der Waals surface area contributed by atoms with Crippen LogP contribution < -0.4 is 5.32 Å². The molecule has 2 N–H and O–H groups in total. The molecule has 0 spiro atoms. The maximum Gasteiger partial charge on any atom is 0.133 e. The molecule has 2 rings (SSSR count). The lowest BCUT2D eigenvalue weighted by atomic mass is 9.98. The summed E-state index contributed by atoms with van der Waals surface area (Å²) in [6, 6.07) is 0.962. The van der Waals surface area contributed by atoms with E-state index in [-0.39, 0.29) is 24.6 Å². The fraction of sp³-hybridized carbons (Fsp3) is 0.571. The number of nitrogens with one attached hydrogen (secondary N) is 1. The Morgan fingerprint density at radius 2 is 1.71 bits per heavy atom. The minimum absolute atomic E-state index is 0. The van der Waals surface area contributed by atoms with Crippen LogP contribution >= 0.6 is 12.4 Å². The van der Waals surface area contributed by atoms with Gasteiger partial charge in [-0.15, -0.1) is 12.4 Å². The molecule has 1 fully saturated rings. The number of nitrogens with zero attached hydrogens (tertiary/aromatic N) is 1. The Labute approximate surface area is 128 Å². The first-order valence-electron chi connectivity index (χ1n) is 6.83. The van der Waals surface area contributed by atoms with Gasteiger partial charge < -0.3 is 10.4 Å². The van der Waals surface area contributed by atoms with Gasteiger partial charge in [-0.25, -0.2) is 13.2 Å². The van der Waals surface area contributed by atoms with Crippen molar-refractivity contribution < 1.29 is 18.3 Å². The van der Waals surface area contributed by atoms with Crippen molar-refractivity contribution in [2.45, 2.75) is 18.9 Å². The number of benzene rings is 1. The van der Waals surface area contributed by atoms with E-state index in [1.807, 2.05) is 4.90 Å². The number of hydrogen-bond acceptors (Lipinski definition) is 3. The smallest absolute Gasteiger partial charge is 0.133 e. The summed E-state index contributed by atoms with van der Waals surface area (Å²) in [5.74, 6) is -2.63. The summed E-state index contributed by atoms with van der Waals surface area (Å²) in [6.45, 7) is 2.81. The van der Waals surface area contributed by atoms with Crippen molar-refractivity contribution >= 4 is 12.4 Å². The first-order valence-corrected chi connectivity index (χ1v) is 6.83. The molecule has 1 saturated heterocycles. The van der Waals surface area contributed by atoms with Gasteiger partial charge in [0, 0.05) is 56.5 Å². The predicted molar refractivity (Wildman–Crippen MR) is 77.1 cm³/mol. The molecule has 0 bridgehead atoms. The zero-order valence-electron chi connectivity index (χ0n) is 11.6. The molecule has 120 valence electrons. The van der Waals surface area contributed by atoms with Gasteiger partial charge in [0.2, 0.25) is 0 Å². The average molecular weight is 325 g/mol. The summed E-state index contributed by atoms with van der Waals surface area (Å²) in [4.78, 5) is 1.98. The highest BCUT2D eigenvalue weighted by Gasteiger charge is 2.27. The Kier molecular flexibility index (Phi) is 7.45. The molecule has 1 heterocycles. The fourth-order valence-corrected chi connectivity index (χ4v) is 2.66. The molecule has 0 saturated carbocycles. The molecule has 1 aliphatic heterocycles. The maximum atomic E-state index is 14.0. The lowest BCUT2D eigenvalue weighted by Crippen LogP contribution is -2.45. The Morgan fingerprint density at radius 1 is 1.14 bits per heavy atom. The van der Waals surface area contributed by atoms with Gasteiger partial charge >= 0.3 is 0 Å². The van der Waals surface area contributed by atoms with E-state index in [0.29, 0.717) is 38.1 Å². The van der Waals surface area contributed by atoms with E-state index in [9.17, 15) is 13.2 Å². The Balaban J connectivity index is 0.00000220. The van der Waals surface area contributed by atoms with Crippen LogP contribution in [0.2, 0.25) is 0 Å². The summed E-state index contributed by atoms with van der Waals surface area (Å²) >= 11 is 0. The van der Waals surface area contributed by atoms with Crippen molar-refractivity contribution in [3.05, 3.63) is 35.1 Å². The molecule has 0 aromatic heterocycles. The highest BCUT2D eigenvalue weighted by molar-refractivity contribution is 5.85. The largest absolute Gasteiger partial charge is 0.396 e. The number of aliphatic hydroxyl groups is 1. The zero-order chi connectivity index (χ0) is 14.5. The van der Waals surface area contributed by atoms with Crippen molar-refractivity contribution in [1.82, 2.24) is 10.2 Å². The van der Waals surface area contributed by atoms with Crippen molar-refractivity contribution in [1.29, 1.82) is 0 Å². The van der Waals surface area contributed by atoms with Gasteiger partial charge in [-0.2, -0.15) is 0 Å². The molecule has 0 amide bonds. The van der Waals surface area contributed by atoms with Crippen LogP contribution in [0.3, 0.4) is 0 Å². The van der Waals surface area contributed by atoms with Gasteiger partial charge in [0.15, 0.2) is 0 Å². The van der Waals surface area contributed by atoms with Crippen LogP contribution in [0.25, 0.3) is 0 Å². The van der Waals surface area contributed by atoms with Crippen molar-refractivity contribution in [3.63, 3.8) is 0 Å². The van der Waals surface area contributed by atoms with Crippen LogP contribution in [0.1, 0.15) is 24.4 Å². The molecule has 0 aliphatic carbocycles. The molecule has 0 unspecified atom stereocenters. The minimum Gasteiger partial charge on any atom is -0.396 e. The van der Waals surface area contributed by atoms with Crippen LogP contribution in [0.5, 0.6) is 0 Å². The van der Waals surface area contributed by atoms with Gasteiger partial charge in [0.1, 0.15) is 17.5 Å². The Bertz CT molecular complexity index is 433. The van der Waals surface area contributed by atoms with Crippen LogP contribution in [0.4, 0.5) is 13.2 Å². The van der Waals surface area contributed by atoms with E-state index >= 15 is 0 Å². The van der Waals surface area contributed by atoms with Crippen molar-refractivity contribution in [3.8, 4) is 0 Å². The number of halogens is 4. The summed E-state index contributed by atoms with van der Waals surface area (Å²) in [5.41, 5.74) is -0.0956. The lowest BCUT2D eigenvalue weighted by Gasteiger charge is -2.35. The Hall–Kier alpha value is -0.820. The van der Waals surface area contributed by atoms with E-state index in [1.54, 1.807) is 0 Å². The van der Waals surface area contributed by atoms with E-state index in [2.05, 4.69) is 5.32 Å². The predicted octanol–water partition coefficient (Wildman–Crippen LogP) is 2.24. The van der Waals surface area contributed by atoms with E-state index in [0.717, 1.165) is 13.1 Å². The second kappa shape index (κ2) is 8.58. The molecule has 7 heteroatoms. The van der Waals surface area contributed by atoms with E-state index in [1.165, 1.54) is 0 Å². The second-order valence-corrected chi connectivity index (χ2v) is 4.95. The molecule has 1 atom stereocenters. The number of piperazine rings is 1. The van der Waals surface area contributed by atoms with Gasteiger partial charge in [-0.05, 0) is 12.8 Å². The SMILES string of the molecule is Cl.OCCC[C@@H](c1c(F)cc(F)cc1F)N1CCNCC1. The topological polar surface area (TPSA) is 35.5 Å². The number of hydrogen-bond donors (Lipinski definition) is 2. The van der Waals surface area contributed by atoms with E-state index in [4.69, 9.17) is 5.11 Å². The summed E-state index contributed by atoms with van der Waals surface area (Å²) < 4.78 is 40.9. The molecule has 0 radical (unpaired) electrons. The molecule has 21 heavy (non-hydrogen) atoms. The molecule has 1 aliphatic rings. The van der Waals surface area contributed by atoms with Crippen LogP contribution in [0, 0.1) is 17.5 Å². The van der Waals surface area contributed by atoms with Crippen LogP contribution in [-0.2, 0) is 0 Å². The van der Waals surface area contributed by atoms with Gasteiger partial charge in [-0.1, -0.05) is 0 Å². The van der Waals surface area contributed by atoms with Crippen LogP contribution in [-0.4, -0.2) is 42.8 Å². The minimum atomic E-state index is -0.912. The monoisotopic (exact) mass is 324 g/mol. The lowest BCUT2D eigenvalue weighted by molar-refractivity contribution is 0.148. The quantitative estimate of drug-likeness (QED) is 0.872. The van der Waals surface area contributed by atoms with Gasteiger partial charge in [0.05, 0.1) is 0 Å². The standard InChI is InChI=1S/C14H19F3N2O.ClH/c15-10-8-11(16)14(12(17)9-10)13(2-1-7-20)19-5-3-18-4-6-19;/h8-9,13,18,20H,1-7H2;1H/t13-;/m0./s1. The number of rotatable bonds is 5. The third-order valence-corrected chi connectivity index (χ3v) is 3.61. The summed E-state index contributed by atoms with van der Waals surface area (Å²) in [7, 11) is 0. The molecule has 1 aromatic carbocycles. The van der Waals surface area contributed by atoms with Crippen LogP contribution in [0.15, 0.2) is 12.1 Å². The second-order valence-electron chi connectivity index (χ2n) is 4.95. The highest BCUT2D eigenvalue weighted by atomic mass is 35.5. The third kappa shape index (κ3) is 4.57. The van der Waals surface area contributed by atoms with Gasteiger partial charge in [0.25, 0.3) is 0 Å². The van der Waals surface area contributed by atoms with E-state index < -0.39 is 23.5 Å². The summed E-state index contributed by atoms with van der Waals surface area (Å²) in [6.07, 6.45) is 0.890. The summed E-state index contributed by atoms with van der Waals surface area (Å²) in [5, 5.41) is 12.1. The third-order valence-electron chi connectivity index (χ3n) is 3.61. The normalized spacial score (nSPS) is 17.3. The molecular formula is C14H20ClF3N2O. The first kappa shape index (κ1) is 18.2. The molecular weight excluding hydrogens is 305 g/mol. The number of aliphatic hydroxyl groups excluding tert-OH is 1. The van der Waals surface area contributed by atoms with Gasteiger partial charge in [-0.3, -0.25) is 4.90 Å². The average Bonchev–Trinajstić information content (AvgIpc) is 2.42. The fourth-order valence-electron chi connectivity index (χ4n) is 2.66. The Morgan fingerprint density at radius 3 is 2.24 bits per heavy atom. The zero-order valence-corrected chi connectivity index (χ0v) is 12.4. The molecule has 1 aromatic rings. The first-order chi connectivity index (χ1) is 9.63. The van der Waals surface area contributed by atoms with Crippen molar-refractivity contribution in [2.24, 2.45) is 0 Å². The molecule has 3 nitrogen and oxygen atoms in total. The van der Waals surface area contributed by atoms with Crippen molar-refractivity contribution in [2.75, 3.05) is 32.8 Å². The highest BCUT2D eigenvalue weighted by Crippen LogP contribution is 2.30. The maximum absolute atomic E-state index is 14.0.